The van der Waals surface area contributed by atoms with Gasteiger partial charge < -0.3 is 21.7 Å². The van der Waals surface area contributed by atoms with E-state index in [1.54, 1.807) is 12.1 Å². The van der Waals surface area contributed by atoms with Crippen molar-refractivity contribution in [2.24, 2.45) is 5.73 Å². The third-order valence-corrected chi connectivity index (χ3v) is 2.59. The van der Waals surface area contributed by atoms with Crippen molar-refractivity contribution in [2.75, 3.05) is 11.9 Å². The van der Waals surface area contributed by atoms with Crippen LogP contribution in [0.15, 0.2) is 24.3 Å². The molecule has 6 nitrogen and oxygen atoms in total. The largest absolute Gasteiger partial charge is 0.350 e. The lowest BCUT2D eigenvalue weighted by Crippen LogP contribution is -2.46. The highest BCUT2D eigenvalue weighted by Crippen LogP contribution is 2.15. The van der Waals surface area contributed by atoms with Crippen molar-refractivity contribution >= 4 is 17.6 Å². The van der Waals surface area contributed by atoms with E-state index in [4.69, 9.17) is 5.73 Å². The van der Waals surface area contributed by atoms with Gasteiger partial charge in [-0.05, 0) is 45.4 Å². The molecule has 1 aromatic carbocycles. The highest BCUT2D eigenvalue weighted by atomic mass is 16.2. The molecule has 0 saturated heterocycles. The number of benzene rings is 1. The van der Waals surface area contributed by atoms with Gasteiger partial charge in [-0.1, -0.05) is 12.1 Å². The minimum absolute atomic E-state index is 0.0733. The molecule has 1 rings (SSSR count). The van der Waals surface area contributed by atoms with Gasteiger partial charge in [-0.3, -0.25) is 4.79 Å². The maximum atomic E-state index is 11.7. The summed E-state index contributed by atoms with van der Waals surface area (Å²) in [5, 5.41) is 7.94. The van der Waals surface area contributed by atoms with E-state index in [0.29, 0.717) is 5.69 Å². The van der Waals surface area contributed by atoms with Crippen LogP contribution in [0.4, 0.5) is 10.5 Å². The molecule has 1 unspecified atom stereocenters. The summed E-state index contributed by atoms with van der Waals surface area (Å²) in [7, 11) is 0. The lowest BCUT2D eigenvalue weighted by Gasteiger charge is -2.20. The van der Waals surface area contributed by atoms with Crippen LogP contribution in [0.25, 0.3) is 0 Å². The van der Waals surface area contributed by atoms with Crippen LogP contribution in [0.5, 0.6) is 0 Å². The van der Waals surface area contributed by atoms with Gasteiger partial charge in [-0.2, -0.15) is 0 Å². The molecule has 0 aliphatic heterocycles. The second kappa shape index (κ2) is 7.08. The van der Waals surface area contributed by atoms with Gasteiger partial charge in [-0.25, -0.2) is 4.79 Å². The third-order valence-electron chi connectivity index (χ3n) is 2.59. The minimum Gasteiger partial charge on any atom is -0.350 e. The lowest BCUT2D eigenvalue weighted by molar-refractivity contribution is -0.121. The monoisotopic (exact) mass is 292 g/mol. The molecule has 21 heavy (non-hydrogen) atoms. The first-order valence-corrected chi connectivity index (χ1v) is 6.89. The molecule has 1 atom stereocenters. The number of anilines is 1. The Morgan fingerprint density at radius 1 is 1.29 bits per heavy atom. The standard InChI is InChI=1S/C15H24N4O2/c1-10(16)11-6-5-7-12(8-11)18-14(21)17-9-13(20)19-15(2,3)4/h5-8,10H,9,16H2,1-4H3,(H,19,20)(H2,17,18,21). The van der Waals surface area contributed by atoms with E-state index in [2.05, 4.69) is 16.0 Å². The van der Waals surface area contributed by atoms with Crippen molar-refractivity contribution in [2.45, 2.75) is 39.3 Å². The number of rotatable bonds is 4. The summed E-state index contributed by atoms with van der Waals surface area (Å²) in [6.07, 6.45) is 0. The average Bonchev–Trinajstić information content (AvgIpc) is 2.34. The predicted octanol–water partition coefficient (Wildman–Crippen LogP) is 1.74. The van der Waals surface area contributed by atoms with Crippen LogP contribution in [-0.2, 0) is 4.79 Å². The molecule has 0 saturated carbocycles. The highest BCUT2D eigenvalue weighted by molar-refractivity contribution is 5.92. The fourth-order valence-corrected chi connectivity index (χ4v) is 1.70. The van der Waals surface area contributed by atoms with Crippen LogP contribution in [0, 0.1) is 0 Å². The fraction of sp³-hybridized carbons (Fsp3) is 0.467. The smallest absolute Gasteiger partial charge is 0.319 e. The van der Waals surface area contributed by atoms with Gasteiger partial charge in [0.15, 0.2) is 0 Å². The van der Waals surface area contributed by atoms with Gasteiger partial charge in [-0.15, -0.1) is 0 Å². The van der Waals surface area contributed by atoms with E-state index in [9.17, 15) is 9.59 Å². The molecular formula is C15H24N4O2. The quantitative estimate of drug-likeness (QED) is 0.680. The van der Waals surface area contributed by atoms with Crippen molar-refractivity contribution < 1.29 is 9.59 Å². The molecule has 0 aliphatic rings. The first kappa shape index (κ1) is 17.0. The normalized spacial score (nSPS) is 12.4. The minimum atomic E-state index is -0.430. The van der Waals surface area contributed by atoms with E-state index < -0.39 is 6.03 Å². The number of urea groups is 1. The first-order valence-electron chi connectivity index (χ1n) is 6.89. The van der Waals surface area contributed by atoms with Gasteiger partial charge >= 0.3 is 6.03 Å². The zero-order valence-electron chi connectivity index (χ0n) is 13.0. The molecule has 0 heterocycles. The average molecular weight is 292 g/mol. The van der Waals surface area contributed by atoms with E-state index >= 15 is 0 Å². The van der Waals surface area contributed by atoms with Crippen LogP contribution in [0.2, 0.25) is 0 Å². The SMILES string of the molecule is CC(N)c1cccc(NC(=O)NCC(=O)NC(C)(C)C)c1. The van der Waals surface area contributed by atoms with Crippen molar-refractivity contribution in [1.29, 1.82) is 0 Å². The molecule has 3 amide bonds. The Morgan fingerprint density at radius 2 is 1.95 bits per heavy atom. The number of nitrogens with two attached hydrogens (primary N) is 1. The van der Waals surface area contributed by atoms with Gasteiger partial charge in [0.2, 0.25) is 5.91 Å². The molecule has 5 N–H and O–H groups in total. The molecule has 0 radical (unpaired) electrons. The number of amides is 3. The highest BCUT2D eigenvalue weighted by Gasteiger charge is 2.14. The van der Waals surface area contributed by atoms with Crippen LogP contribution < -0.4 is 21.7 Å². The summed E-state index contributed by atoms with van der Waals surface area (Å²) in [6, 6.07) is 6.75. The summed E-state index contributed by atoms with van der Waals surface area (Å²) in [5.74, 6) is -0.234. The Kier molecular flexibility index (Phi) is 5.72. The molecule has 116 valence electrons. The summed E-state index contributed by atoms with van der Waals surface area (Å²) < 4.78 is 0. The molecule has 0 aliphatic carbocycles. The van der Waals surface area contributed by atoms with Gasteiger partial charge in [0.05, 0.1) is 6.54 Å². The fourth-order valence-electron chi connectivity index (χ4n) is 1.70. The Bertz CT molecular complexity index is 507. The van der Waals surface area contributed by atoms with Crippen molar-refractivity contribution in [3.8, 4) is 0 Å². The van der Waals surface area contributed by atoms with E-state index in [-0.39, 0.29) is 24.0 Å². The molecule has 0 spiro atoms. The van der Waals surface area contributed by atoms with E-state index in [1.807, 2.05) is 39.8 Å². The number of hydrogen-bond acceptors (Lipinski definition) is 3. The van der Waals surface area contributed by atoms with Crippen molar-refractivity contribution in [3.63, 3.8) is 0 Å². The molecule has 0 aromatic heterocycles. The maximum absolute atomic E-state index is 11.7. The van der Waals surface area contributed by atoms with Crippen LogP contribution in [0.3, 0.4) is 0 Å². The van der Waals surface area contributed by atoms with E-state index in [1.165, 1.54) is 0 Å². The molecular weight excluding hydrogens is 268 g/mol. The van der Waals surface area contributed by atoms with E-state index in [0.717, 1.165) is 5.56 Å². The lowest BCUT2D eigenvalue weighted by atomic mass is 10.1. The Morgan fingerprint density at radius 3 is 2.52 bits per heavy atom. The molecule has 6 heteroatoms. The van der Waals surface area contributed by atoms with Crippen LogP contribution in [0.1, 0.15) is 39.3 Å². The predicted molar refractivity (Wildman–Crippen MR) is 84.0 cm³/mol. The van der Waals surface area contributed by atoms with Crippen molar-refractivity contribution in [3.05, 3.63) is 29.8 Å². The maximum Gasteiger partial charge on any atom is 0.319 e. The van der Waals surface area contributed by atoms with Crippen molar-refractivity contribution in [1.82, 2.24) is 10.6 Å². The number of nitrogens with one attached hydrogen (secondary N) is 3. The molecule has 0 bridgehead atoms. The Hall–Kier alpha value is -2.08. The summed E-state index contributed by atoms with van der Waals surface area (Å²) >= 11 is 0. The third kappa shape index (κ3) is 6.76. The topological polar surface area (TPSA) is 96.2 Å². The number of carbonyl (C=O) groups is 2. The zero-order chi connectivity index (χ0) is 16.0. The summed E-state index contributed by atoms with van der Waals surface area (Å²) in [6.45, 7) is 7.44. The first-order chi connectivity index (χ1) is 9.67. The molecule has 0 fully saturated rings. The van der Waals surface area contributed by atoms with Crippen LogP contribution in [-0.4, -0.2) is 24.0 Å². The number of carbonyl (C=O) groups excluding carboxylic acids is 2. The summed E-state index contributed by atoms with van der Waals surface area (Å²) in [4.78, 5) is 23.3. The number of hydrogen-bond donors (Lipinski definition) is 4. The second-order valence-electron chi connectivity index (χ2n) is 6.02. The van der Waals surface area contributed by atoms with Crippen LogP contribution >= 0.6 is 0 Å². The second-order valence-corrected chi connectivity index (χ2v) is 6.02. The Balaban J connectivity index is 2.47. The van der Waals surface area contributed by atoms with Gasteiger partial charge in [0.1, 0.15) is 0 Å². The Labute approximate surface area is 125 Å². The van der Waals surface area contributed by atoms with Gasteiger partial charge in [0, 0.05) is 17.3 Å². The molecule has 1 aromatic rings. The van der Waals surface area contributed by atoms with Gasteiger partial charge in [0.25, 0.3) is 0 Å². The summed E-state index contributed by atoms with van der Waals surface area (Å²) in [5.41, 5.74) is 7.04. The zero-order valence-corrected chi connectivity index (χ0v) is 13.0.